The molecule has 0 unspecified atom stereocenters. The van der Waals surface area contributed by atoms with E-state index in [0.717, 1.165) is 49.8 Å². The number of hydrogen-bond donors (Lipinski definition) is 1. The first kappa shape index (κ1) is 14.0. The molecule has 0 radical (unpaired) electrons. The molecule has 0 spiro atoms. The van der Waals surface area contributed by atoms with Gasteiger partial charge in [-0.1, -0.05) is 0 Å². The quantitative estimate of drug-likeness (QED) is 0.928. The van der Waals surface area contributed by atoms with Crippen molar-refractivity contribution in [2.75, 3.05) is 33.2 Å². The normalized spacial score (nSPS) is 17.0. The van der Waals surface area contributed by atoms with E-state index in [-0.39, 0.29) is 5.75 Å². The standard InChI is InChI=1S/C16H20N4O/c1-19-8-10-20(11-9-19)12-16-17-7-6-15(18-16)13-2-4-14(21)5-3-13/h2-7,21H,8-12H2,1H3. The molecular formula is C16H20N4O. The Labute approximate surface area is 124 Å². The Kier molecular flexibility index (Phi) is 4.13. The zero-order chi connectivity index (χ0) is 14.7. The molecule has 1 aromatic heterocycles. The average Bonchev–Trinajstić information content (AvgIpc) is 2.51. The highest BCUT2D eigenvalue weighted by Gasteiger charge is 2.15. The van der Waals surface area contributed by atoms with Crippen LogP contribution in [-0.4, -0.2) is 58.1 Å². The topological polar surface area (TPSA) is 52.5 Å². The van der Waals surface area contributed by atoms with Gasteiger partial charge in [0.05, 0.1) is 12.2 Å². The van der Waals surface area contributed by atoms with E-state index in [9.17, 15) is 5.11 Å². The van der Waals surface area contributed by atoms with E-state index in [2.05, 4.69) is 26.8 Å². The summed E-state index contributed by atoms with van der Waals surface area (Å²) in [5.74, 6) is 1.12. The number of phenols is 1. The molecule has 1 N–H and O–H groups in total. The van der Waals surface area contributed by atoms with Crippen molar-refractivity contribution in [1.82, 2.24) is 19.8 Å². The molecule has 3 rings (SSSR count). The Morgan fingerprint density at radius 3 is 2.48 bits per heavy atom. The van der Waals surface area contributed by atoms with E-state index < -0.39 is 0 Å². The lowest BCUT2D eigenvalue weighted by molar-refractivity contribution is 0.145. The SMILES string of the molecule is CN1CCN(Cc2nccc(-c3ccc(O)cc3)n2)CC1. The predicted molar refractivity (Wildman–Crippen MR) is 81.9 cm³/mol. The highest BCUT2D eigenvalue weighted by Crippen LogP contribution is 2.19. The Hall–Kier alpha value is -1.98. The van der Waals surface area contributed by atoms with E-state index >= 15 is 0 Å². The minimum atomic E-state index is 0.269. The number of nitrogens with zero attached hydrogens (tertiary/aromatic N) is 4. The zero-order valence-corrected chi connectivity index (χ0v) is 12.2. The van der Waals surface area contributed by atoms with Crippen LogP contribution in [0.4, 0.5) is 0 Å². The fourth-order valence-corrected chi connectivity index (χ4v) is 2.47. The number of piperazine rings is 1. The summed E-state index contributed by atoms with van der Waals surface area (Å²) in [4.78, 5) is 13.7. The lowest BCUT2D eigenvalue weighted by Gasteiger charge is -2.31. The van der Waals surface area contributed by atoms with Gasteiger partial charge in [0.2, 0.25) is 0 Å². The molecule has 2 heterocycles. The maximum Gasteiger partial charge on any atom is 0.142 e. The van der Waals surface area contributed by atoms with Crippen molar-refractivity contribution < 1.29 is 5.11 Å². The number of rotatable bonds is 3. The molecule has 1 fully saturated rings. The molecule has 2 aromatic rings. The molecule has 1 aliphatic heterocycles. The second-order valence-electron chi connectivity index (χ2n) is 5.48. The molecule has 21 heavy (non-hydrogen) atoms. The van der Waals surface area contributed by atoms with Crippen LogP contribution in [0.2, 0.25) is 0 Å². The van der Waals surface area contributed by atoms with Gasteiger partial charge in [-0.25, -0.2) is 9.97 Å². The molecule has 1 aromatic carbocycles. The van der Waals surface area contributed by atoms with Crippen molar-refractivity contribution in [2.45, 2.75) is 6.54 Å². The summed E-state index contributed by atoms with van der Waals surface area (Å²) in [6, 6.07) is 9.00. The summed E-state index contributed by atoms with van der Waals surface area (Å²) in [6.45, 7) is 5.10. The third-order valence-corrected chi connectivity index (χ3v) is 3.83. The van der Waals surface area contributed by atoms with Crippen molar-refractivity contribution in [3.05, 3.63) is 42.4 Å². The minimum absolute atomic E-state index is 0.269. The maximum absolute atomic E-state index is 9.35. The molecule has 1 aliphatic rings. The zero-order valence-electron chi connectivity index (χ0n) is 12.2. The Balaban J connectivity index is 1.72. The van der Waals surface area contributed by atoms with Gasteiger partial charge in [0.15, 0.2) is 0 Å². The van der Waals surface area contributed by atoms with Crippen molar-refractivity contribution in [3.8, 4) is 17.0 Å². The third-order valence-electron chi connectivity index (χ3n) is 3.83. The number of hydrogen-bond acceptors (Lipinski definition) is 5. The van der Waals surface area contributed by atoms with Crippen molar-refractivity contribution >= 4 is 0 Å². The first-order valence-corrected chi connectivity index (χ1v) is 7.23. The van der Waals surface area contributed by atoms with Crippen molar-refractivity contribution in [1.29, 1.82) is 0 Å². The fraction of sp³-hybridized carbons (Fsp3) is 0.375. The van der Waals surface area contributed by atoms with Crippen LogP contribution in [0, 0.1) is 0 Å². The number of aromatic nitrogens is 2. The van der Waals surface area contributed by atoms with Crippen LogP contribution in [-0.2, 0) is 6.54 Å². The molecular weight excluding hydrogens is 264 g/mol. The smallest absolute Gasteiger partial charge is 0.142 e. The summed E-state index contributed by atoms with van der Waals surface area (Å²) in [5.41, 5.74) is 1.89. The summed E-state index contributed by atoms with van der Waals surface area (Å²) in [6.07, 6.45) is 1.81. The summed E-state index contributed by atoms with van der Waals surface area (Å²) < 4.78 is 0. The van der Waals surface area contributed by atoms with Gasteiger partial charge >= 0.3 is 0 Å². The second-order valence-corrected chi connectivity index (χ2v) is 5.48. The summed E-state index contributed by atoms with van der Waals surface area (Å²) in [5, 5.41) is 9.35. The van der Waals surface area contributed by atoms with E-state index in [1.165, 1.54) is 0 Å². The lowest BCUT2D eigenvalue weighted by atomic mass is 10.1. The van der Waals surface area contributed by atoms with Gasteiger partial charge in [0, 0.05) is 37.9 Å². The van der Waals surface area contributed by atoms with Crippen LogP contribution in [0.15, 0.2) is 36.5 Å². The molecule has 0 amide bonds. The molecule has 1 saturated heterocycles. The highest BCUT2D eigenvalue weighted by atomic mass is 16.3. The van der Waals surface area contributed by atoms with Gasteiger partial charge in [0.25, 0.3) is 0 Å². The Morgan fingerprint density at radius 2 is 1.76 bits per heavy atom. The van der Waals surface area contributed by atoms with Crippen LogP contribution < -0.4 is 0 Å². The minimum Gasteiger partial charge on any atom is -0.508 e. The van der Waals surface area contributed by atoms with Crippen LogP contribution >= 0.6 is 0 Å². The Morgan fingerprint density at radius 1 is 1.05 bits per heavy atom. The van der Waals surface area contributed by atoms with E-state index in [0.29, 0.717) is 0 Å². The summed E-state index contributed by atoms with van der Waals surface area (Å²) in [7, 11) is 2.15. The highest BCUT2D eigenvalue weighted by molar-refractivity contribution is 5.59. The molecule has 0 saturated carbocycles. The Bertz CT molecular complexity index is 591. The van der Waals surface area contributed by atoms with Crippen molar-refractivity contribution in [3.63, 3.8) is 0 Å². The van der Waals surface area contributed by atoms with Crippen LogP contribution in [0.5, 0.6) is 5.75 Å². The van der Waals surface area contributed by atoms with E-state index in [1.807, 2.05) is 18.2 Å². The molecule has 110 valence electrons. The largest absolute Gasteiger partial charge is 0.508 e. The lowest BCUT2D eigenvalue weighted by Crippen LogP contribution is -2.44. The monoisotopic (exact) mass is 284 g/mol. The van der Waals surface area contributed by atoms with Crippen LogP contribution in [0.1, 0.15) is 5.82 Å². The molecule has 0 aliphatic carbocycles. The van der Waals surface area contributed by atoms with Crippen LogP contribution in [0.25, 0.3) is 11.3 Å². The number of benzene rings is 1. The van der Waals surface area contributed by atoms with Gasteiger partial charge in [-0.15, -0.1) is 0 Å². The van der Waals surface area contributed by atoms with Gasteiger partial charge in [-0.3, -0.25) is 4.90 Å². The van der Waals surface area contributed by atoms with Gasteiger partial charge < -0.3 is 10.0 Å². The number of likely N-dealkylation sites (N-methyl/N-ethyl adjacent to an activating group) is 1. The van der Waals surface area contributed by atoms with Crippen LogP contribution in [0.3, 0.4) is 0 Å². The first-order chi connectivity index (χ1) is 10.2. The summed E-state index contributed by atoms with van der Waals surface area (Å²) >= 11 is 0. The maximum atomic E-state index is 9.35. The van der Waals surface area contributed by atoms with Gasteiger partial charge in [-0.05, 0) is 37.4 Å². The fourth-order valence-electron chi connectivity index (χ4n) is 2.47. The molecule has 0 atom stereocenters. The molecule has 5 nitrogen and oxygen atoms in total. The van der Waals surface area contributed by atoms with E-state index in [4.69, 9.17) is 0 Å². The molecule has 0 bridgehead atoms. The molecule has 5 heteroatoms. The third kappa shape index (κ3) is 3.56. The number of phenolic OH excluding ortho intramolecular Hbond substituents is 1. The predicted octanol–water partition coefficient (Wildman–Crippen LogP) is 1.60. The van der Waals surface area contributed by atoms with Crippen molar-refractivity contribution in [2.24, 2.45) is 0 Å². The van der Waals surface area contributed by atoms with Gasteiger partial charge in [-0.2, -0.15) is 0 Å². The number of aromatic hydroxyl groups is 1. The van der Waals surface area contributed by atoms with Gasteiger partial charge in [0.1, 0.15) is 11.6 Å². The van der Waals surface area contributed by atoms with E-state index in [1.54, 1.807) is 18.3 Å². The first-order valence-electron chi connectivity index (χ1n) is 7.23. The average molecular weight is 284 g/mol. The second kappa shape index (κ2) is 6.20.